The van der Waals surface area contributed by atoms with Gasteiger partial charge in [-0.05, 0) is 78.5 Å². The highest BCUT2D eigenvalue weighted by Gasteiger charge is 2.37. The quantitative estimate of drug-likeness (QED) is 0.222. The lowest BCUT2D eigenvalue weighted by atomic mass is 10.1. The first kappa shape index (κ1) is 32.8. The van der Waals surface area contributed by atoms with Crippen molar-refractivity contribution in [2.24, 2.45) is 0 Å². The van der Waals surface area contributed by atoms with Crippen LogP contribution < -0.4 is 10.6 Å². The predicted octanol–water partition coefficient (Wildman–Crippen LogP) is 7.17. The van der Waals surface area contributed by atoms with E-state index < -0.39 is 23.2 Å². The Bertz CT molecular complexity index is 1940. The van der Waals surface area contributed by atoms with Gasteiger partial charge in [-0.2, -0.15) is 4.98 Å². The molecule has 4 aromatic rings. The van der Waals surface area contributed by atoms with Gasteiger partial charge in [-0.15, -0.1) is 0 Å². The van der Waals surface area contributed by atoms with Crippen LogP contribution in [-0.2, 0) is 4.74 Å². The minimum absolute atomic E-state index is 0.0361. The van der Waals surface area contributed by atoms with E-state index in [-0.39, 0.29) is 39.9 Å². The third-order valence-electron chi connectivity index (χ3n) is 8.63. The van der Waals surface area contributed by atoms with E-state index in [1.54, 1.807) is 29.2 Å². The van der Waals surface area contributed by atoms with E-state index in [1.165, 1.54) is 10.6 Å². The smallest absolute Gasteiger partial charge is 0.410 e. The van der Waals surface area contributed by atoms with E-state index in [0.29, 0.717) is 41.6 Å². The van der Waals surface area contributed by atoms with Crippen LogP contribution in [0.1, 0.15) is 90.4 Å². The number of hydrogen-bond acceptors (Lipinski definition) is 8. The predicted molar refractivity (Wildman–Crippen MR) is 181 cm³/mol. The number of anilines is 1. The molecule has 248 valence electrons. The second-order valence-corrected chi connectivity index (χ2v) is 14.4. The Kier molecular flexibility index (Phi) is 8.48. The van der Waals surface area contributed by atoms with Gasteiger partial charge in [0.1, 0.15) is 23.1 Å². The molecule has 12 heteroatoms. The molecular weight excluding hydrogens is 621 g/mol. The minimum atomic E-state index is -0.634. The Balaban J connectivity index is 1.57. The molecule has 1 aromatic carbocycles. The zero-order chi connectivity index (χ0) is 33.9. The molecule has 1 aliphatic carbocycles. The van der Waals surface area contributed by atoms with Crippen molar-refractivity contribution >= 4 is 34.5 Å². The number of carbonyl (C=O) groups is 1. The lowest BCUT2D eigenvalue weighted by Gasteiger charge is -2.44. The van der Waals surface area contributed by atoms with Crippen molar-refractivity contribution in [1.29, 1.82) is 0 Å². The van der Waals surface area contributed by atoms with Gasteiger partial charge in [0, 0.05) is 36.7 Å². The molecule has 2 atom stereocenters. The fraction of sp³-hybridized carbons (Fsp3) is 0.486. The SMILES string of the molecule is Cc1nc(C2CC2)nc(C(C)C)c1-n1c(=O)nc(N2C[C@@H](C)N(C(=O)OC(C)(C)C)C[C@@H]2C)c2cc(Cl)c(-c3ccccc3F)nc21. The Morgan fingerprint density at radius 3 is 2.38 bits per heavy atom. The van der Waals surface area contributed by atoms with Crippen molar-refractivity contribution in [3.63, 3.8) is 0 Å². The molecule has 4 heterocycles. The lowest BCUT2D eigenvalue weighted by molar-refractivity contribution is 0.0130. The molecule has 10 nitrogen and oxygen atoms in total. The highest BCUT2D eigenvalue weighted by Crippen LogP contribution is 2.40. The number of aromatic nitrogens is 5. The van der Waals surface area contributed by atoms with Gasteiger partial charge < -0.3 is 14.5 Å². The number of pyridine rings is 1. The normalized spacial score (nSPS) is 18.7. The number of ether oxygens (including phenoxy) is 1. The van der Waals surface area contributed by atoms with Gasteiger partial charge >= 0.3 is 11.8 Å². The summed E-state index contributed by atoms with van der Waals surface area (Å²) in [5, 5.41) is 0.727. The van der Waals surface area contributed by atoms with Crippen LogP contribution in [-0.4, -0.2) is 66.3 Å². The van der Waals surface area contributed by atoms with Crippen molar-refractivity contribution < 1.29 is 13.9 Å². The van der Waals surface area contributed by atoms with Crippen molar-refractivity contribution in [2.75, 3.05) is 18.0 Å². The highest BCUT2D eigenvalue weighted by atomic mass is 35.5. The largest absolute Gasteiger partial charge is 0.444 e. The van der Waals surface area contributed by atoms with Crippen LogP contribution >= 0.6 is 11.6 Å². The molecule has 0 N–H and O–H groups in total. The monoisotopic (exact) mass is 661 g/mol. The van der Waals surface area contributed by atoms with E-state index in [9.17, 15) is 9.59 Å². The van der Waals surface area contributed by atoms with Crippen LogP contribution in [0.3, 0.4) is 0 Å². The van der Waals surface area contributed by atoms with Crippen LogP contribution in [0.15, 0.2) is 35.1 Å². The summed E-state index contributed by atoms with van der Waals surface area (Å²) in [7, 11) is 0. The maximum Gasteiger partial charge on any atom is 0.410 e. The third kappa shape index (κ3) is 6.29. The molecule has 0 bridgehead atoms. The summed E-state index contributed by atoms with van der Waals surface area (Å²) in [5.41, 5.74) is 1.36. The molecule has 6 rings (SSSR count). The second-order valence-electron chi connectivity index (χ2n) is 14.0. The first-order chi connectivity index (χ1) is 22.1. The second kappa shape index (κ2) is 12.2. The molecule has 1 saturated carbocycles. The number of carbonyl (C=O) groups excluding carboxylic acids is 1. The number of piperazine rings is 1. The van der Waals surface area contributed by atoms with Gasteiger partial charge in [0.05, 0.1) is 33.2 Å². The number of benzene rings is 1. The first-order valence-corrected chi connectivity index (χ1v) is 16.6. The molecule has 1 saturated heterocycles. The number of rotatable bonds is 5. The van der Waals surface area contributed by atoms with Crippen LogP contribution in [0.2, 0.25) is 5.02 Å². The highest BCUT2D eigenvalue weighted by molar-refractivity contribution is 6.33. The van der Waals surface area contributed by atoms with E-state index in [4.69, 9.17) is 31.3 Å². The van der Waals surface area contributed by atoms with Gasteiger partial charge in [0.2, 0.25) is 0 Å². The van der Waals surface area contributed by atoms with Crippen molar-refractivity contribution in [3.8, 4) is 16.9 Å². The fourth-order valence-electron chi connectivity index (χ4n) is 6.18. The Hall–Kier alpha value is -4.12. The zero-order valence-electron chi connectivity index (χ0n) is 28.1. The molecular formula is C35H41ClFN7O3. The average Bonchev–Trinajstić information content (AvgIpc) is 3.83. The number of nitrogens with zero attached hydrogens (tertiary/aromatic N) is 7. The standard InChI is InChI=1S/C35H41ClFN7O3/c1-18(2)27-29(21(5)38-30(39-27)22-13-14-22)44-32-24(15-25(36)28(40-32)23-11-9-10-12-26(23)37)31(41-33(44)45)42-16-20(4)43(17-19(42)3)34(46)47-35(6,7)8/h9-12,15,18-20,22H,13-14,16-17H2,1-8H3/t19-,20+/m0/s1. The molecule has 0 radical (unpaired) electrons. The number of hydrogen-bond donors (Lipinski definition) is 0. The van der Waals surface area contributed by atoms with Gasteiger partial charge in [0.25, 0.3) is 0 Å². The van der Waals surface area contributed by atoms with Gasteiger partial charge in [-0.3, -0.25) is 0 Å². The van der Waals surface area contributed by atoms with Crippen LogP contribution in [0.5, 0.6) is 0 Å². The summed E-state index contributed by atoms with van der Waals surface area (Å²) in [6.07, 6.45) is 1.69. The zero-order valence-corrected chi connectivity index (χ0v) is 28.9. The van der Waals surface area contributed by atoms with E-state index in [0.717, 1.165) is 24.4 Å². The number of amides is 1. The Morgan fingerprint density at radius 1 is 1.04 bits per heavy atom. The van der Waals surface area contributed by atoms with Crippen LogP contribution in [0.4, 0.5) is 15.0 Å². The minimum Gasteiger partial charge on any atom is -0.444 e. The summed E-state index contributed by atoms with van der Waals surface area (Å²) in [6, 6.07) is 7.49. The molecule has 1 aliphatic heterocycles. The van der Waals surface area contributed by atoms with Gasteiger partial charge in [-0.1, -0.05) is 37.6 Å². The fourth-order valence-corrected chi connectivity index (χ4v) is 6.43. The molecule has 2 aliphatic rings. The van der Waals surface area contributed by atoms with Crippen LogP contribution in [0, 0.1) is 12.7 Å². The van der Waals surface area contributed by atoms with E-state index in [1.807, 2.05) is 60.3 Å². The van der Waals surface area contributed by atoms with Crippen molar-refractivity contribution in [1.82, 2.24) is 29.4 Å². The molecule has 47 heavy (non-hydrogen) atoms. The Labute approximate surface area is 279 Å². The molecule has 0 spiro atoms. The maximum absolute atomic E-state index is 15.1. The van der Waals surface area contributed by atoms with Crippen LogP contribution in [0.25, 0.3) is 28.0 Å². The van der Waals surface area contributed by atoms with Gasteiger partial charge in [0.15, 0.2) is 5.65 Å². The maximum atomic E-state index is 15.1. The first-order valence-electron chi connectivity index (χ1n) is 16.2. The summed E-state index contributed by atoms with van der Waals surface area (Å²) in [5.74, 6) is 0.970. The summed E-state index contributed by atoms with van der Waals surface area (Å²) in [6.45, 7) is 16.1. The number of halogens is 2. The third-order valence-corrected chi connectivity index (χ3v) is 8.92. The number of fused-ring (bicyclic) bond motifs is 1. The van der Waals surface area contributed by atoms with E-state index in [2.05, 4.69) is 4.98 Å². The summed E-state index contributed by atoms with van der Waals surface area (Å²) in [4.78, 5) is 50.4. The average molecular weight is 662 g/mol. The van der Waals surface area contributed by atoms with Crippen molar-refractivity contribution in [3.05, 3.63) is 68.9 Å². The summed E-state index contributed by atoms with van der Waals surface area (Å²) >= 11 is 6.87. The molecule has 1 amide bonds. The Morgan fingerprint density at radius 2 is 1.74 bits per heavy atom. The van der Waals surface area contributed by atoms with E-state index >= 15 is 4.39 Å². The van der Waals surface area contributed by atoms with Crippen molar-refractivity contribution in [2.45, 2.75) is 97.8 Å². The topological polar surface area (TPSA) is 106 Å². The molecule has 2 fully saturated rings. The summed E-state index contributed by atoms with van der Waals surface area (Å²) < 4.78 is 22.3. The molecule has 0 unspecified atom stereocenters. The lowest BCUT2D eigenvalue weighted by Crippen LogP contribution is -2.59. The van der Waals surface area contributed by atoms with Gasteiger partial charge in [-0.25, -0.2) is 33.5 Å². The number of aryl methyl sites for hydroxylation is 1. The molecule has 3 aromatic heterocycles.